The van der Waals surface area contributed by atoms with Crippen LogP contribution in [-0.4, -0.2) is 35.3 Å². The monoisotopic (exact) mass is 267 g/mol. The van der Waals surface area contributed by atoms with Crippen LogP contribution >= 0.6 is 0 Å². The SMILES string of the molecule is COC(=O)CC(O)C(O)c1cccc(NC(C)=O)c1. The van der Waals surface area contributed by atoms with Gasteiger partial charge in [-0.3, -0.25) is 9.59 Å². The van der Waals surface area contributed by atoms with Gasteiger partial charge in [0.25, 0.3) is 0 Å². The van der Waals surface area contributed by atoms with Crippen molar-refractivity contribution in [3.05, 3.63) is 29.8 Å². The molecule has 1 aromatic rings. The lowest BCUT2D eigenvalue weighted by Crippen LogP contribution is -2.22. The van der Waals surface area contributed by atoms with Gasteiger partial charge in [0.1, 0.15) is 6.10 Å². The number of esters is 1. The Morgan fingerprint density at radius 3 is 2.63 bits per heavy atom. The molecule has 3 N–H and O–H groups in total. The molecular weight excluding hydrogens is 250 g/mol. The van der Waals surface area contributed by atoms with E-state index in [0.717, 1.165) is 0 Å². The number of rotatable bonds is 5. The van der Waals surface area contributed by atoms with Crippen molar-refractivity contribution < 1.29 is 24.5 Å². The van der Waals surface area contributed by atoms with Crippen LogP contribution < -0.4 is 5.32 Å². The van der Waals surface area contributed by atoms with E-state index in [-0.39, 0.29) is 12.3 Å². The second-order valence-corrected chi connectivity index (χ2v) is 4.10. The van der Waals surface area contributed by atoms with Crippen molar-refractivity contribution in [1.82, 2.24) is 0 Å². The van der Waals surface area contributed by atoms with E-state index in [9.17, 15) is 19.8 Å². The summed E-state index contributed by atoms with van der Waals surface area (Å²) in [6.45, 7) is 1.37. The molecule has 2 atom stereocenters. The Labute approximate surface area is 111 Å². The highest BCUT2D eigenvalue weighted by Gasteiger charge is 2.22. The van der Waals surface area contributed by atoms with Crippen LogP contribution in [0.25, 0.3) is 0 Å². The minimum absolute atomic E-state index is 0.234. The lowest BCUT2D eigenvalue weighted by molar-refractivity contribution is -0.144. The van der Waals surface area contributed by atoms with E-state index < -0.39 is 18.2 Å². The summed E-state index contributed by atoms with van der Waals surface area (Å²) in [5.74, 6) is -0.841. The maximum Gasteiger partial charge on any atom is 0.308 e. The molecule has 0 fully saturated rings. The predicted octanol–water partition coefficient (Wildman–Crippen LogP) is 0.602. The van der Waals surface area contributed by atoms with Crippen LogP contribution in [-0.2, 0) is 14.3 Å². The highest BCUT2D eigenvalue weighted by molar-refractivity contribution is 5.88. The van der Waals surface area contributed by atoms with Gasteiger partial charge >= 0.3 is 5.97 Å². The van der Waals surface area contributed by atoms with E-state index in [4.69, 9.17) is 0 Å². The molecule has 6 nitrogen and oxygen atoms in total. The van der Waals surface area contributed by atoms with Crippen LogP contribution in [0.2, 0.25) is 0 Å². The fraction of sp³-hybridized carbons (Fsp3) is 0.385. The molecule has 104 valence electrons. The molecule has 1 amide bonds. The predicted molar refractivity (Wildman–Crippen MR) is 68.3 cm³/mol. The first kappa shape index (κ1) is 15.1. The molecule has 1 rings (SSSR count). The average Bonchev–Trinajstić information content (AvgIpc) is 2.37. The quantitative estimate of drug-likeness (QED) is 0.679. The standard InChI is InChI=1S/C13H17NO5/c1-8(15)14-10-5-3-4-9(6-10)13(18)11(16)7-12(17)19-2/h3-6,11,13,16,18H,7H2,1-2H3,(H,14,15). The highest BCUT2D eigenvalue weighted by Crippen LogP contribution is 2.22. The molecule has 0 heterocycles. The van der Waals surface area contributed by atoms with Crippen LogP contribution in [0.5, 0.6) is 0 Å². The molecule has 0 aliphatic carbocycles. The largest absolute Gasteiger partial charge is 0.469 e. The number of methoxy groups -OCH3 is 1. The number of hydrogen-bond acceptors (Lipinski definition) is 5. The van der Waals surface area contributed by atoms with Gasteiger partial charge in [-0.15, -0.1) is 0 Å². The van der Waals surface area contributed by atoms with Crippen molar-refractivity contribution in [3.63, 3.8) is 0 Å². The lowest BCUT2D eigenvalue weighted by Gasteiger charge is -2.17. The van der Waals surface area contributed by atoms with Gasteiger partial charge in [-0.25, -0.2) is 0 Å². The maximum absolute atomic E-state index is 11.0. The number of anilines is 1. The zero-order valence-corrected chi connectivity index (χ0v) is 10.8. The second-order valence-electron chi connectivity index (χ2n) is 4.10. The molecule has 1 aromatic carbocycles. The summed E-state index contributed by atoms with van der Waals surface area (Å²) in [5.41, 5.74) is 0.914. The first-order chi connectivity index (χ1) is 8.93. The number of benzene rings is 1. The topological polar surface area (TPSA) is 95.9 Å². The number of carbonyl (C=O) groups is 2. The van der Waals surface area contributed by atoms with Crippen molar-refractivity contribution in [2.75, 3.05) is 12.4 Å². The summed E-state index contributed by atoms with van der Waals surface area (Å²) in [5, 5.41) is 22.2. The molecule has 2 unspecified atom stereocenters. The molecule has 0 bridgehead atoms. The maximum atomic E-state index is 11.0. The summed E-state index contributed by atoms with van der Waals surface area (Å²) < 4.78 is 4.42. The first-order valence-corrected chi connectivity index (χ1v) is 5.74. The number of nitrogens with one attached hydrogen (secondary N) is 1. The Morgan fingerprint density at radius 2 is 2.05 bits per heavy atom. The van der Waals surface area contributed by atoms with E-state index in [2.05, 4.69) is 10.1 Å². The molecular formula is C13H17NO5. The summed E-state index contributed by atoms with van der Waals surface area (Å²) in [7, 11) is 1.21. The summed E-state index contributed by atoms with van der Waals surface area (Å²) in [6.07, 6.45) is -2.80. The van der Waals surface area contributed by atoms with Crippen molar-refractivity contribution in [3.8, 4) is 0 Å². The Kier molecular flexibility index (Phi) is 5.47. The Bertz CT molecular complexity index is 460. The number of ether oxygens (including phenoxy) is 1. The number of carbonyl (C=O) groups excluding carboxylic acids is 2. The van der Waals surface area contributed by atoms with Crippen LogP contribution in [0.4, 0.5) is 5.69 Å². The zero-order chi connectivity index (χ0) is 14.4. The smallest absolute Gasteiger partial charge is 0.308 e. The van der Waals surface area contributed by atoms with Crippen LogP contribution in [0, 0.1) is 0 Å². The van der Waals surface area contributed by atoms with Crippen LogP contribution in [0.1, 0.15) is 25.0 Å². The highest BCUT2D eigenvalue weighted by atomic mass is 16.5. The van der Waals surface area contributed by atoms with Crippen LogP contribution in [0.3, 0.4) is 0 Å². The number of amides is 1. The van der Waals surface area contributed by atoms with E-state index in [1.807, 2.05) is 0 Å². The van der Waals surface area contributed by atoms with Crippen molar-refractivity contribution in [2.24, 2.45) is 0 Å². The van der Waals surface area contributed by atoms with E-state index >= 15 is 0 Å². The van der Waals surface area contributed by atoms with Gasteiger partial charge in [-0.2, -0.15) is 0 Å². The third-order valence-electron chi connectivity index (χ3n) is 2.52. The second kappa shape index (κ2) is 6.86. The van der Waals surface area contributed by atoms with Gasteiger partial charge in [-0.1, -0.05) is 12.1 Å². The third-order valence-corrected chi connectivity index (χ3v) is 2.52. The number of hydrogen-bond donors (Lipinski definition) is 3. The molecule has 0 aromatic heterocycles. The van der Waals surface area contributed by atoms with Gasteiger partial charge in [-0.05, 0) is 17.7 Å². The summed E-state index contributed by atoms with van der Waals surface area (Å²) >= 11 is 0. The van der Waals surface area contributed by atoms with E-state index in [1.165, 1.54) is 20.1 Å². The van der Waals surface area contributed by atoms with Crippen molar-refractivity contribution in [2.45, 2.75) is 25.6 Å². The normalized spacial score (nSPS) is 13.5. The third kappa shape index (κ3) is 4.69. The molecule has 0 saturated carbocycles. The van der Waals surface area contributed by atoms with Crippen molar-refractivity contribution >= 4 is 17.6 Å². The van der Waals surface area contributed by atoms with Crippen LogP contribution in [0.15, 0.2) is 24.3 Å². The first-order valence-electron chi connectivity index (χ1n) is 5.74. The average molecular weight is 267 g/mol. The van der Waals surface area contributed by atoms with E-state index in [0.29, 0.717) is 11.3 Å². The molecule has 0 aliphatic heterocycles. The van der Waals surface area contributed by atoms with Crippen molar-refractivity contribution in [1.29, 1.82) is 0 Å². The number of aliphatic hydroxyl groups excluding tert-OH is 2. The van der Waals surface area contributed by atoms with Gasteiger partial charge < -0.3 is 20.3 Å². The van der Waals surface area contributed by atoms with E-state index in [1.54, 1.807) is 18.2 Å². The zero-order valence-electron chi connectivity index (χ0n) is 10.8. The van der Waals surface area contributed by atoms with Gasteiger partial charge in [0.15, 0.2) is 0 Å². The Morgan fingerprint density at radius 1 is 1.37 bits per heavy atom. The fourth-order valence-corrected chi connectivity index (χ4v) is 1.59. The molecule has 0 radical (unpaired) electrons. The lowest BCUT2D eigenvalue weighted by atomic mass is 10.0. The molecule has 19 heavy (non-hydrogen) atoms. The fourth-order valence-electron chi connectivity index (χ4n) is 1.59. The van der Waals surface area contributed by atoms with Gasteiger partial charge in [0.05, 0.1) is 19.6 Å². The number of aliphatic hydroxyl groups is 2. The Balaban J connectivity index is 2.78. The molecule has 0 spiro atoms. The van der Waals surface area contributed by atoms with Gasteiger partial charge in [0.2, 0.25) is 5.91 Å². The molecule has 6 heteroatoms. The molecule has 0 saturated heterocycles. The minimum Gasteiger partial charge on any atom is -0.469 e. The summed E-state index contributed by atoms with van der Waals surface area (Å²) in [6, 6.07) is 6.42. The Hall–Kier alpha value is -1.92. The van der Waals surface area contributed by atoms with Gasteiger partial charge in [0, 0.05) is 12.6 Å². The minimum atomic E-state index is -1.26. The summed E-state index contributed by atoms with van der Waals surface area (Å²) in [4.78, 5) is 21.9. The molecule has 0 aliphatic rings.